The molecule has 4 aromatic rings. The van der Waals surface area contributed by atoms with E-state index in [1.54, 1.807) is 38.8 Å². The van der Waals surface area contributed by atoms with Gasteiger partial charge in [-0.05, 0) is 42.5 Å². The summed E-state index contributed by atoms with van der Waals surface area (Å²) >= 11 is 0. The molecule has 0 aliphatic heterocycles. The topological polar surface area (TPSA) is 90.9 Å². The first-order valence-electron chi connectivity index (χ1n) is 8.61. The lowest BCUT2D eigenvalue weighted by molar-refractivity contribution is 0.104. The Morgan fingerprint density at radius 3 is 2.21 bits per heavy atom. The number of fused-ring (bicyclic) bond motifs is 2. The molecule has 0 fully saturated rings. The molecule has 138 valence electrons. The van der Waals surface area contributed by atoms with E-state index in [0.717, 1.165) is 22.0 Å². The Balaban J connectivity index is 1.79. The zero-order chi connectivity index (χ0) is 19.7. The molecule has 2 aromatic carbocycles. The first kappa shape index (κ1) is 17.4. The van der Waals surface area contributed by atoms with Crippen LogP contribution in [0, 0.1) is 11.3 Å². The number of carbonyl (C=O) groups is 1. The molecule has 0 bridgehead atoms. The number of benzene rings is 2. The molecule has 28 heavy (non-hydrogen) atoms. The van der Waals surface area contributed by atoms with E-state index in [-0.39, 0.29) is 11.4 Å². The number of nitrogens with one attached hydrogen (secondary N) is 2. The minimum absolute atomic E-state index is 0.0486. The maximum Gasteiger partial charge on any atom is 0.205 e. The van der Waals surface area contributed by atoms with Crippen LogP contribution in [-0.2, 0) is 0 Å². The normalized spacial score (nSPS) is 11.5. The van der Waals surface area contributed by atoms with Crippen LogP contribution >= 0.6 is 0 Å². The van der Waals surface area contributed by atoms with Gasteiger partial charge in [0, 0.05) is 45.3 Å². The summed E-state index contributed by atoms with van der Waals surface area (Å²) in [5, 5.41) is 11.2. The van der Waals surface area contributed by atoms with Crippen molar-refractivity contribution < 1.29 is 14.3 Å². The number of rotatable bonds is 5. The number of methoxy groups -OCH3 is 2. The Hall–Kier alpha value is -3.98. The van der Waals surface area contributed by atoms with Crippen molar-refractivity contribution >= 4 is 33.7 Å². The zero-order valence-corrected chi connectivity index (χ0v) is 15.4. The van der Waals surface area contributed by atoms with Crippen molar-refractivity contribution in [2.75, 3.05) is 14.2 Å². The molecule has 0 atom stereocenters. The van der Waals surface area contributed by atoms with Gasteiger partial charge in [-0.1, -0.05) is 0 Å². The zero-order valence-electron chi connectivity index (χ0n) is 15.4. The van der Waals surface area contributed by atoms with Crippen LogP contribution in [0.2, 0.25) is 0 Å². The number of ketones is 1. The molecule has 0 aliphatic carbocycles. The van der Waals surface area contributed by atoms with Crippen LogP contribution in [0.15, 0.2) is 54.4 Å². The van der Waals surface area contributed by atoms with E-state index in [1.807, 2.05) is 36.4 Å². The number of aromatic amines is 2. The van der Waals surface area contributed by atoms with Crippen LogP contribution in [0.3, 0.4) is 0 Å². The fourth-order valence-corrected chi connectivity index (χ4v) is 3.23. The van der Waals surface area contributed by atoms with Gasteiger partial charge in [0.15, 0.2) is 0 Å². The molecule has 0 saturated carbocycles. The molecule has 2 aromatic heterocycles. The molecule has 0 unspecified atom stereocenters. The molecule has 0 spiro atoms. The highest BCUT2D eigenvalue weighted by molar-refractivity contribution is 6.20. The molecule has 6 heteroatoms. The number of ether oxygens (including phenoxy) is 2. The number of Topliss-reactive ketones (excluding diaryl/α,β-unsaturated/α-hetero) is 1. The third-order valence-electron chi connectivity index (χ3n) is 4.72. The molecule has 2 N–H and O–H groups in total. The number of aromatic nitrogens is 2. The Morgan fingerprint density at radius 2 is 1.57 bits per heavy atom. The van der Waals surface area contributed by atoms with Gasteiger partial charge in [0.1, 0.15) is 23.1 Å². The molecular weight excluding hydrogens is 354 g/mol. The van der Waals surface area contributed by atoms with Gasteiger partial charge in [-0.15, -0.1) is 0 Å². The molecule has 0 amide bonds. The van der Waals surface area contributed by atoms with E-state index < -0.39 is 0 Å². The lowest BCUT2D eigenvalue weighted by atomic mass is 10.0. The van der Waals surface area contributed by atoms with Gasteiger partial charge < -0.3 is 19.4 Å². The number of hydrogen-bond donors (Lipinski definition) is 2. The summed E-state index contributed by atoms with van der Waals surface area (Å²) in [7, 11) is 3.17. The summed E-state index contributed by atoms with van der Waals surface area (Å²) in [5.41, 5.74) is 2.93. The van der Waals surface area contributed by atoms with Gasteiger partial charge in [0.2, 0.25) is 5.78 Å². The van der Waals surface area contributed by atoms with Crippen LogP contribution in [0.5, 0.6) is 11.5 Å². The second-order valence-corrected chi connectivity index (χ2v) is 6.27. The number of allylic oxidation sites excluding steroid dienone is 1. The quantitative estimate of drug-likeness (QED) is 0.308. The van der Waals surface area contributed by atoms with Crippen LogP contribution in [0.1, 0.15) is 15.9 Å². The van der Waals surface area contributed by atoms with Crippen molar-refractivity contribution in [1.82, 2.24) is 9.97 Å². The smallest absolute Gasteiger partial charge is 0.205 e. The van der Waals surface area contributed by atoms with Crippen molar-refractivity contribution in [1.29, 1.82) is 5.26 Å². The lowest BCUT2D eigenvalue weighted by Crippen LogP contribution is -2.01. The largest absolute Gasteiger partial charge is 0.497 e. The molecule has 0 radical (unpaired) electrons. The average Bonchev–Trinajstić information content (AvgIpc) is 3.34. The van der Waals surface area contributed by atoms with Gasteiger partial charge in [-0.3, -0.25) is 4.79 Å². The summed E-state index contributed by atoms with van der Waals surface area (Å²) < 4.78 is 10.5. The van der Waals surface area contributed by atoms with Crippen LogP contribution in [-0.4, -0.2) is 30.0 Å². The highest BCUT2D eigenvalue weighted by Crippen LogP contribution is 2.28. The van der Waals surface area contributed by atoms with E-state index in [9.17, 15) is 10.1 Å². The molecule has 2 heterocycles. The third kappa shape index (κ3) is 2.89. The van der Waals surface area contributed by atoms with E-state index in [0.29, 0.717) is 22.4 Å². The minimum atomic E-state index is -0.348. The second-order valence-electron chi connectivity index (χ2n) is 6.27. The van der Waals surface area contributed by atoms with Gasteiger partial charge >= 0.3 is 0 Å². The van der Waals surface area contributed by atoms with Crippen molar-refractivity contribution in [3.8, 4) is 17.6 Å². The van der Waals surface area contributed by atoms with Crippen LogP contribution in [0.25, 0.3) is 27.9 Å². The highest BCUT2D eigenvalue weighted by atomic mass is 16.5. The Kier molecular flexibility index (Phi) is 4.34. The number of nitriles is 1. The SMILES string of the molecule is COc1ccc2[nH]cc(/C=C(\C#N)C(=O)c3c[nH]c4ccc(OC)cc34)c2c1. The third-order valence-corrected chi connectivity index (χ3v) is 4.72. The summed E-state index contributed by atoms with van der Waals surface area (Å²) in [6.45, 7) is 0. The Labute approximate surface area is 161 Å². The number of nitrogens with zero attached hydrogens (tertiary/aromatic N) is 1. The number of carbonyl (C=O) groups excluding carboxylic acids is 1. The standard InChI is InChI=1S/C22H17N3O3/c1-27-15-3-5-20-17(8-15)14(11-24-20)7-13(10-23)22(26)19-12-25-21-6-4-16(28-2)9-18(19)21/h3-9,11-12,24-25H,1-2H3/b13-7+. The van der Waals surface area contributed by atoms with Gasteiger partial charge in [-0.25, -0.2) is 0 Å². The van der Waals surface area contributed by atoms with E-state index in [2.05, 4.69) is 9.97 Å². The highest BCUT2D eigenvalue weighted by Gasteiger charge is 2.18. The lowest BCUT2D eigenvalue weighted by Gasteiger charge is -2.02. The van der Waals surface area contributed by atoms with Crippen molar-refractivity contribution in [2.24, 2.45) is 0 Å². The Morgan fingerprint density at radius 1 is 0.964 bits per heavy atom. The number of hydrogen-bond acceptors (Lipinski definition) is 4. The molecule has 4 rings (SSSR count). The van der Waals surface area contributed by atoms with E-state index in [4.69, 9.17) is 9.47 Å². The summed E-state index contributed by atoms with van der Waals surface area (Å²) in [4.78, 5) is 19.3. The van der Waals surface area contributed by atoms with Gasteiger partial charge in [-0.2, -0.15) is 5.26 Å². The average molecular weight is 371 g/mol. The monoisotopic (exact) mass is 371 g/mol. The molecular formula is C22H17N3O3. The molecule has 0 saturated heterocycles. The van der Waals surface area contributed by atoms with Gasteiger partial charge in [0.25, 0.3) is 0 Å². The second kappa shape index (κ2) is 6.97. The summed E-state index contributed by atoms with van der Waals surface area (Å²) in [6, 6.07) is 13.1. The van der Waals surface area contributed by atoms with Crippen molar-refractivity contribution in [3.05, 3.63) is 65.5 Å². The number of H-pyrrole nitrogens is 2. The first-order valence-corrected chi connectivity index (χ1v) is 8.61. The van der Waals surface area contributed by atoms with Crippen LogP contribution < -0.4 is 9.47 Å². The summed E-state index contributed by atoms with van der Waals surface area (Å²) in [5.74, 6) is 1.00. The fraction of sp³-hybridized carbons (Fsp3) is 0.0909. The molecule has 0 aliphatic rings. The maximum atomic E-state index is 13.0. The predicted octanol–water partition coefficient (Wildman–Crippen LogP) is 4.46. The summed E-state index contributed by atoms with van der Waals surface area (Å²) in [6.07, 6.45) is 4.99. The van der Waals surface area contributed by atoms with E-state index >= 15 is 0 Å². The molecule has 6 nitrogen and oxygen atoms in total. The minimum Gasteiger partial charge on any atom is -0.497 e. The first-order chi connectivity index (χ1) is 13.6. The van der Waals surface area contributed by atoms with Crippen LogP contribution in [0.4, 0.5) is 0 Å². The predicted molar refractivity (Wildman–Crippen MR) is 108 cm³/mol. The maximum absolute atomic E-state index is 13.0. The van der Waals surface area contributed by atoms with E-state index in [1.165, 1.54) is 0 Å². The van der Waals surface area contributed by atoms with Crippen molar-refractivity contribution in [2.45, 2.75) is 0 Å². The van der Waals surface area contributed by atoms with Gasteiger partial charge in [0.05, 0.1) is 14.2 Å². The van der Waals surface area contributed by atoms with Crippen molar-refractivity contribution in [3.63, 3.8) is 0 Å². The Bertz CT molecular complexity index is 1270. The fourth-order valence-electron chi connectivity index (χ4n) is 3.23.